The predicted octanol–water partition coefficient (Wildman–Crippen LogP) is 11.9. The van der Waals surface area contributed by atoms with Crippen LogP contribution in [0.1, 0.15) is 93.0 Å². The Bertz CT molecular complexity index is 2820. The van der Waals surface area contributed by atoms with Crippen LogP contribution in [-0.4, -0.2) is 82.2 Å². The van der Waals surface area contributed by atoms with Gasteiger partial charge in [0.05, 0.1) is 0 Å². The minimum Gasteiger partial charge on any atom is -0.508 e. The van der Waals surface area contributed by atoms with Crippen molar-refractivity contribution >= 4 is 22.3 Å². The maximum Gasteiger partial charge on any atom is 0.150 e. The number of hydrogen-bond donors (Lipinski definition) is 4. The molecule has 3 unspecified atom stereocenters. The van der Waals surface area contributed by atoms with E-state index in [0.29, 0.717) is 42.1 Å². The first-order chi connectivity index (χ1) is 32.5. The molecule has 3 heterocycles. The number of phenols is 4. The lowest BCUT2D eigenvalue weighted by molar-refractivity contribution is 0.172. The first-order valence-corrected chi connectivity index (χ1v) is 23.5. The number of likely N-dealkylation sites (tertiary alicyclic amines) is 1. The Balaban J connectivity index is 1.14. The second-order valence-electron chi connectivity index (χ2n) is 17.9. The molecule has 0 amide bonds. The van der Waals surface area contributed by atoms with Crippen molar-refractivity contribution in [2.45, 2.75) is 65.7 Å². The first-order valence-electron chi connectivity index (χ1n) is 23.5. The van der Waals surface area contributed by atoms with Crippen LogP contribution < -0.4 is 18.9 Å². The van der Waals surface area contributed by atoms with E-state index in [1.165, 1.54) is 12.8 Å². The molecular formula is C57H60N2O8. The van der Waals surface area contributed by atoms with Gasteiger partial charge in [-0.1, -0.05) is 44.2 Å². The van der Waals surface area contributed by atoms with Crippen molar-refractivity contribution in [3.05, 3.63) is 155 Å². The lowest BCUT2D eigenvalue weighted by Gasteiger charge is -2.32. The van der Waals surface area contributed by atoms with Gasteiger partial charge >= 0.3 is 0 Å². The van der Waals surface area contributed by atoms with Gasteiger partial charge in [-0.25, -0.2) is 0 Å². The number of nitrogens with zero attached hydrogens (tertiary/aromatic N) is 2. The van der Waals surface area contributed by atoms with Crippen LogP contribution in [0.25, 0.3) is 33.4 Å². The third kappa shape index (κ3) is 9.55. The Morgan fingerprint density at radius 2 is 1.18 bits per heavy atom. The number of rotatable bonds is 15. The quantitative estimate of drug-likeness (QED) is 0.0792. The largest absolute Gasteiger partial charge is 0.508 e. The molecule has 0 aliphatic carbocycles. The fourth-order valence-corrected chi connectivity index (χ4v) is 9.81. The summed E-state index contributed by atoms with van der Waals surface area (Å²) in [7, 11) is 0. The van der Waals surface area contributed by atoms with Crippen molar-refractivity contribution in [2.75, 3.05) is 45.9 Å². The van der Waals surface area contributed by atoms with Crippen molar-refractivity contribution in [2.24, 2.45) is 0 Å². The minimum absolute atomic E-state index is 0.0578. The zero-order valence-electron chi connectivity index (χ0n) is 39.0. The molecule has 0 saturated carbocycles. The van der Waals surface area contributed by atoms with Gasteiger partial charge in [-0.05, 0) is 190 Å². The summed E-state index contributed by atoms with van der Waals surface area (Å²) in [6.07, 6.45) is 1.29. The van der Waals surface area contributed by atoms with Crippen LogP contribution in [0.15, 0.2) is 121 Å². The maximum atomic E-state index is 11.7. The van der Waals surface area contributed by atoms with Gasteiger partial charge in [0.25, 0.3) is 0 Å². The normalized spacial score (nSPS) is 17.5. The van der Waals surface area contributed by atoms with E-state index in [9.17, 15) is 20.4 Å². The summed E-state index contributed by atoms with van der Waals surface area (Å²) in [5.74, 6) is 3.14. The highest BCUT2D eigenvalue weighted by molar-refractivity contribution is 5.98. The van der Waals surface area contributed by atoms with Crippen LogP contribution in [-0.2, 0) is 0 Å². The number of fused-ring (bicyclic) bond motifs is 2. The van der Waals surface area contributed by atoms with Crippen molar-refractivity contribution in [1.29, 1.82) is 0 Å². The van der Waals surface area contributed by atoms with Gasteiger partial charge in [0.2, 0.25) is 0 Å². The molecule has 10 nitrogen and oxygen atoms in total. The second kappa shape index (κ2) is 19.5. The molecule has 4 N–H and O–H groups in total. The molecule has 0 bridgehead atoms. The van der Waals surface area contributed by atoms with Gasteiger partial charge in [0.1, 0.15) is 71.4 Å². The highest BCUT2D eigenvalue weighted by Crippen LogP contribution is 2.51. The maximum absolute atomic E-state index is 11.7. The number of allylic oxidation sites excluding steroid dienone is 2. The average molecular weight is 901 g/mol. The molecule has 3 aliphatic heterocycles. The van der Waals surface area contributed by atoms with Gasteiger partial charge in [0, 0.05) is 40.4 Å². The molecule has 3 aliphatic rings. The molecule has 0 spiro atoms. The lowest BCUT2D eigenvalue weighted by atomic mass is 9.84. The number of aromatic hydroxyl groups is 4. The van der Waals surface area contributed by atoms with E-state index in [4.69, 9.17) is 18.9 Å². The zero-order chi connectivity index (χ0) is 46.8. The highest BCUT2D eigenvalue weighted by atomic mass is 16.5. The summed E-state index contributed by atoms with van der Waals surface area (Å²) < 4.78 is 26.6. The van der Waals surface area contributed by atoms with Crippen molar-refractivity contribution in [3.8, 4) is 57.1 Å². The molecule has 3 atom stereocenters. The van der Waals surface area contributed by atoms with Crippen molar-refractivity contribution in [1.82, 2.24) is 9.80 Å². The molecule has 6 aromatic carbocycles. The van der Waals surface area contributed by atoms with Crippen LogP contribution in [0.3, 0.4) is 0 Å². The van der Waals surface area contributed by atoms with E-state index in [0.717, 1.165) is 99.7 Å². The summed E-state index contributed by atoms with van der Waals surface area (Å²) in [5, 5.41) is 43.6. The summed E-state index contributed by atoms with van der Waals surface area (Å²) in [5.41, 5.74) is 9.73. The summed E-state index contributed by atoms with van der Waals surface area (Å²) in [4.78, 5) is 4.78. The van der Waals surface area contributed by atoms with Crippen molar-refractivity contribution in [3.63, 3.8) is 0 Å². The number of hydrogen-bond acceptors (Lipinski definition) is 10. The van der Waals surface area contributed by atoms with E-state index >= 15 is 0 Å². The van der Waals surface area contributed by atoms with Crippen LogP contribution in [0.5, 0.6) is 46.0 Å². The van der Waals surface area contributed by atoms with Gasteiger partial charge in [-0.2, -0.15) is 0 Å². The van der Waals surface area contributed by atoms with Crippen LogP contribution >= 0.6 is 0 Å². The summed E-state index contributed by atoms with van der Waals surface area (Å²) in [6, 6.07) is 37.4. The van der Waals surface area contributed by atoms with E-state index < -0.39 is 12.2 Å². The zero-order valence-corrected chi connectivity index (χ0v) is 39.0. The van der Waals surface area contributed by atoms with Crippen molar-refractivity contribution < 1.29 is 39.4 Å². The monoisotopic (exact) mass is 900 g/mol. The predicted molar refractivity (Wildman–Crippen MR) is 265 cm³/mol. The standard InChI is InChI=1S/C57H60N2O8/c1-6-58(7-2)25-26-64-51-20-15-40(57-54(39-11-10-12-43(60)28-39)36(4)48-32-44(61)17-22-53(48)67-57)31-50(51)41-27-42(30-46(63)29-41)55-37(5)49-33-45(62)16-21-52(49)66-56(55)38-13-18-47(19-14-38)65-34-35(3)59-23-8-9-24-59/h10-22,27-33,35,56-57,60-63H,6-9,23-26,34H2,1-5H3. The minimum atomic E-state index is -0.611. The topological polar surface area (TPSA) is 124 Å². The third-order valence-electron chi connectivity index (χ3n) is 13.6. The number of likely N-dealkylation sites (N-methyl/N-ethyl adjacent to an activating group) is 1. The SMILES string of the molecule is CCN(CC)CCOc1ccc(C2Oc3ccc(O)cc3C(C)=C2c2cccc(O)c2)cc1-c1cc(O)cc(C2=C(C)c3cc(O)ccc3OC2c2ccc(OCC(C)N3CCCC3)cc2)c1. The Morgan fingerprint density at radius 1 is 0.597 bits per heavy atom. The number of ether oxygens (including phenoxy) is 4. The van der Waals surface area contributed by atoms with Gasteiger partial charge < -0.3 is 44.3 Å². The van der Waals surface area contributed by atoms with Crippen LogP contribution in [0, 0.1) is 0 Å². The summed E-state index contributed by atoms with van der Waals surface area (Å²) in [6.45, 7) is 16.3. The molecule has 0 radical (unpaired) electrons. The van der Waals surface area contributed by atoms with Gasteiger partial charge in [0.15, 0.2) is 0 Å². The molecule has 6 aromatic rings. The molecule has 67 heavy (non-hydrogen) atoms. The Morgan fingerprint density at radius 3 is 1.82 bits per heavy atom. The molecule has 0 aromatic heterocycles. The van der Waals surface area contributed by atoms with E-state index in [2.05, 4.69) is 42.7 Å². The second-order valence-corrected chi connectivity index (χ2v) is 17.9. The Kier molecular flexibility index (Phi) is 13.2. The molecule has 346 valence electrons. The lowest BCUT2D eigenvalue weighted by Crippen LogP contribution is -2.34. The molecule has 1 saturated heterocycles. The molecular weight excluding hydrogens is 841 g/mol. The fraction of sp³-hybridized carbons (Fsp3) is 0.298. The van der Waals surface area contributed by atoms with E-state index in [-0.39, 0.29) is 23.0 Å². The smallest absolute Gasteiger partial charge is 0.150 e. The van der Waals surface area contributed by atoms with Crippen LogP contribution in [0.4, 0.5) is 0 Å². The Hall–Kier alpha value is -6.88. The van der Waals surface area contributed by atoms with E-state index in [1.807, 2.05) is 62.4 Å². The number of phenolic OH excluding ortho intramolecular Hbond substituents is 4. The first kappa shape index (κ1) is 45.3. The summed E-state index contributed by atoms with van der Waals surface area (Å²) >= 11 is 0. The molecule has 1 fully saturated rings. The highest BCUT2D eigenvalue weighted by Gasteiger charge is 2.33. The van der Waals surface area contributed by atoms with E-state index in [1.54, 1.807) is 60.7 Å². The third-order valence-corrected chi connectivity index (χ3v) is 13.6. The number of benzene rings is 6. The molecule has 9 rings (SSSR count). The van der Waals surface area contributed by atoms with Gasteiger partial charge in [-0.3, -0.25) is 4.90 Å². The average Bonchev–Trinajstić information content (AvgIpc) is 3.88. The fourth-order valence-electron chi connectivity index (χ4n) is 9.81. The Labute approximate surface area is 393 Å². The van der Waals surface area contributed by atoms with Gasteiger partial charge in [-0.15, -0.1) is 0 Å². The van der Waals surface area contributed by atoms with Crippen LogP contribution in [0.2, 0.25) is 0 Å². The molecule has 10 heteroatoms.